The molecule has 0 saturated carbocycles. The van der Waals surface area contributed by atoms with Crippen LogP contribution >= 0.6 is 0 Å². The second kappa shape index (κ2) is 10.2. The van der Waals surface area contributed by atoms with Gasteiger partial charge in [-0.25, -0.2) is 0 Å². The quantitative estimate of drug-likeness (QED) is 0.790. The van der Waals surface area contributed by atoms with Crippen LogP contribution in [0.25, 0.3) is 0 Å². The first-order valence-corrected chi connectivity index (χ1v) is 8.25. The molecule has 2 aromatic rings. The van der Waals surface area contributed by atoms with Gasteiger partial charge in [0.25, 0.3) is 0 Å². The first-order valence-electron chi connectivity index (χ1n) is 8.25. The van der Waals surface area contributed by atoms with Gasteiger partial charge in [-0.15, -0.1) is 0 Å². The summed E-state index contributed by atoms with van der Waals surface area (Å²) in [5.41, 5.74) is 2.22. The molecule has 0 aromatic heterocycles. The summed E-state index contributed by atoms with van der Waals surface area (Å²) in [6, 6.07) is 17.8. The van der Waals surface area contributed by atoms with Crippen molar-refractivity contribution in [2.75, 3.05) is 27.2 Å². The van der Waals surface area contributed by atoms with Crippen molar-refractivity contribution in [2.24, 2.45) is 0 Å². The number of rotatable bonds is 7. The summed E-state index contributed by atoms with van der Waals surface area (Å²) < 4.78 is 5.10. The monoisotopic (exact) mass is 336 g/mol. The Balaban J connectivity index is 1.66. The molecule has 0 heterocycles. The number of benzene rings is 2. The second-order valence-electron chi connectivity index (χ2n) is 5.81. The van der Waals surface area contributed by atoms with Gasteiger partial charge in [0.05, 0.1) is 26.6 Å². The molecule has 0 aliphatic heterocycles. The van der Waals surface area contributed by atoms with Gasteiger partial charge in [0.2, 0.25) is 5.91 Å². The standard InChI is InChI=1S/C21H24N2O2/c1-23(17-19-8-4-3-5-9-19)15-7-6-14-22-21(24)16-18-10-12-20(25-2)13-11-18/h3-5,8-13H,14-17H2,1-2H3,(H,22,24). The number of methoxy groups -OCH3 is 1. The molecule has 4 nitrogen and oxygen atoms in total. The molecular formula is C21H24N2O2. The zero-order valence-corrected chi connectivity index (χ0v) is 14.8. The van der Waals surface area contributed by atoms with Crippen LogP contribution < -0.4 is 10.1 Å². The molecule has 0 saturated heterocycles. The molecule has 130 valence electrons. The molecule has 25 heavy (non-hydrogen) atoms. The van der Waals surface area contributed by atoms with Crippen LogP contribution in [0.1, 0.15) is 11.1 Å². The number of carbonyl (C=O) groups excluding carboxylic acids is 1. The predicted molar refractivity (Wildman–Crippen MR) is 100 cm³/mol. The zero-order chi connectivity index (χ0) is 17.9. The third kappa shape index (κ3) is 7.11. The molecule has 0 aliphatic carbocycles. The minimum atomic E-state index is -0.0305. The second-order valence-corrected chi connectivity index (χ2v) is 5.81. The molecule has 0 bridgehead atoms. The molecule has 1 amide bonds. The third-order valence-corrected chi connectivity index (χ3v) is 3.67. The van der Waals surface area contributed by atoms with Gasteiger partial charge < -0.3 is 10.1 Å². The van der Waals surface area contributed by atoms with E-state index in [1.54, 1.807) is 7.11 Å². The van der Waals surface area contributed by atoms with Crippen molar-refractivity contribution in [3.63, 3.8) is 0 Å². The fourth-order valence-electron chi connectivity index (χ4n) is 2.34. The minimum Gasteiger partial charge on any atom is -0.497 e. The van der Waals surface area contributed by atoms with Gasteiger partial charge in [-0.05, 0) is 30.3 Å². The van der Waals surface area contributed by atoms with Crippen LogP contribution in [0.3, 0.4) is 0 Å². The Morgan fingerprint density at radius 3 is 2.44 bits per heavy atom. The van der Waals surface area contributed by atoms with Crippen molar-refractivity contribution in [1.82, 2.24) is 10.2 Å². The molecule has 0 spiro atoms. The number of carbonyl (C=O) groups is 1. The van der Waals surface area contributed by atoms with E-state index in [1.807, 2.05) is 49.5 Å². The van der Waals surface area contributed by atoms with Crippen molar-refractivity contribution in [3.8, 4) is 17.6 Å². The fraction of sp³-hybridized carbons (Fsp3) is 0.286. The SMILES string of the molecule is COc1ccc(CC(=O)NCC#CCN(C)Cc2ccccc2)cc1. The first kappa shape index (κ1) is 18.6. The largest absolute Gasteiger partial charge is 0.497 e. The third-order valence-electron chi connectivity index (χ3n) is 3.67. The molecule has 2 rings (SSSR count). The van der Waals surface area contributed by atoms with Gasteiger partial charge >= 0.3 is 0 Å². The van der Waals surface area contributed by atoms with Gasteiger partial charge in [-0.3, -0.25) is 9.69 Å². The van der Waals surface area contributed by atoms with E-state index in [0.29, 0.717) is 19.5 Å². The van der Waals surface area contributed by atoms with Crippen LogP contribution in [0.4, 0.5) is 0 Å². The van der Waals surface area contributed by atoms with Crippen LogP contribution in [0.15, 0.2) is 54.6 Å². The average molecular weight is 336 g/mol. The number of hydrogen-bond acceptors (Lipinski definition) is 3. The average Bonchev–Trinajstić information content (AvgIpc) is 2.63. The minimum absolute atomic E-state index is 0.0305. The van der Waals surface area contributed by atoms with Crippen LogP contribution in [0, 0.1) is 11.8 Å². The molecule has 0 unspecified atom stereocenters. The van der Waals surface area contributed by atoms with Crippen molar-refractivity contribution in [3.05, 3.63) is 65.7 Å². The highest BCUT2D eigenvalue weighted by Crippen LogP contribution is 2.11. The van der Waals surface area contributed by atoms with Crippen LogP contribution in [-0.4, -0.2) is 38.1 Å². The molecule has 2 aromatic carbocycles. The maximum atomic E-state index is 11.9. The number of nitrogens with one attached hydrogen (secondary N) is 1. The van der Waals surface area contributed by atoms with Crippen LogP contribution in [0.2, 0.25) is 0 Å². The lowest BCUT2D eigenvalue weighted by molar-refractivity contribution is -0.120. The molecule has 0 aliphatic rings. The molecule has 0 atom stereocenters. The molecule has 0 radical (unpaired) electrons. The number of hydrogen-bond donors (Lipinski definition) is 1. The summed E-state index contributed by atoms with van der Waals surface area (Å²) >= 11 is 0. The highest BCUT2D eigenvalue weighted by atomic mass is 16.5. The lowest BCUT2D eigenvalue weighted by Gasteiger charge is -2.12. The van der Waals surface area contributed by atoms with Gasteiger partial charge in [0.1, 0.15) is 5.75 Å². The van der Waals surface area contributed by atoms with Gasteiger partial charge in [0.15, 0.2) is 0 Å². The van der Waals surface area contributed by atoms with Gasteiger partial charge in [-0.2, -0.15) is 0 Å². The number of nitrogens with zero attached hydrogens (tertiary/aromatic N) is 1. The highest BCUT2D eigenvalue weighted by molar-refractivity contribution is 5.78. The smallest absolute Gasteiger partial charge is 0.225 e. The van der Waals surface area contributed by atoms with Crippen molar-refractivity contribution >= 4 is 5.91 Å². The Morgan fingerprint density at radius 2 is 1.76 bits per heavy atom. The number of amides is 1. The van der Waals surface area contributed by atoms with E-state index in [9.17, 15) is 4.79 Å². The summed E-state index contributed by atoms with van der Waals surface area (Å²) in [4.78, 5) is 14.0. The summed E-state index contributed by atoms with van der Waals surface area (Å²) in [6.07, 6.45) is 0.347. The van der Waals surface area contributed by atoms with Gasteiger partial charge in [0, 0.05) is 6.54 Å². The fourth-order valence-corrected chi connectivity index (χ4v) is 2.34. The van der Waals surface area contributed by atoms with Gasteiger partial charge in [-0.1, -0.05) is 54.3 Å². The molecule has 0 fully saturated rings. The van der Waals surface area contributed by atoms with Crippen LogP contribution in [0.5, 0.6) is 5.75 Å². The van der Waals surface area contributed by atoms with Crippen molar-refractivity contribution in [2.45, 2.75) is 13.0 Å². The Labute approximate surface area is 149 Å². The molecule has 1 N–H and O–H groups in total. The Kier molecular flexibility index (Phi) is 7.55. The summed E-state index contributed by atoms with van der Waals surface area (Å²) in [6.45, 7) is 1.90. The lowest BCUT2D eigenvalue weighted by atomic mass is 10.1. The molecule has 4 heteroatoms. The maximum Gasteiger partial charge on any atom is 0.225 e. The van der Waals surface area contributed by atoms with E-state index >= 15 is 0 Å². The predicted octanol–water partition coefficient (Wildman–Crippen LogP) is 2.49. The Hall–Kier alpha value is -2.77. The highest BCUT2D eigenvalue weighted by Gasteiger charge is 2.02. The Morgan fingerprint density at radius 1 is 1.04 bits per heavy atom. The summed E-state index contributed by atoms with van der Waals surface area (Å²) in [5, 5.41) is 2.82. The maximum absolute atomic E-state index is 11.9. The zero-order valence-electron chi connectivity index (χ0n) is 14.8. The van der Waals surface area contributed by atoms with E-state index in [0.717, 1.165) is 17.9 Å². The number of ether oxygens (including phenoxy) is 1. The topological polar surface area (TPSA) is 41.6 Å². The van der Waals surface area contributed by atoms with E-state index in [4.69, 9.17) is 4.74 Å². The molecular weight excluding hydrogens is 312 g/mol. The van der Waals surface area contributed by atoms with E-state index < -0.39 is 0 Å². The normalized spacial score (nSPS) is 10.0. The van der Waals surface area contributed by atoms with E-state index in [-0.39, 0.29) is 5.91 Å². The Bertz CT molecular complexity index is 715. The first-order chi connectivity index (χ1) is 12.2. The van der Waals surface area contributed by atoms with Crippen molar-refractivity contribution < 1.29 is 9.53 Å². The van der Waals surface area contributed by atoms with Crippen molar-refractivity contribution in [1.29, 1.82) is 0 Å². The van der Waals surface area contributed by atoms with E-state index in [2.05, 4.69) is 34.2 Å². The summed E-state index contributed by atoms with van der Waals surface area (Å²) in [5.74, 6) is 6.83. The van der Waals surface area contributed by atoms with E-state index in [1.165, 1.54) is 5.56 Å². The van der Waals surface area contributed by atoms with Crippen LogP contribution in [-0.2, 0) is 17.8 Å². The lowest BCUT2D eigenvalue weighted by Crippen LogP contribution is -2.25. The summed E-state index contributed by atoms with van der Waals surface area (Å²) in [7, 11) is 3.65.